The van der Waals surface area contributed by atoms with Crippen molar-refractivity contribution in [2.45, 2.75) is 26.7 Å². The van der Waals surface area contributed by atoms with Crippen molar-refractivity contribution in [3.63, 3.8) is 0 Å². The van der Waals surface area contributed by atoms with Gasteiger partial charge in [0.15, 0.2) is 0 Å². The monoisotopic (exact) mass is 367 g/mol. The average Bonchev–Trinajstić information content (AvgIpc) is 2.31. The van der Waals surface area contributed by atoms with Crippen molar-refractivity contribution in [1.29, 1.82) is 0 Å². The highest BCUT2D eigenvalue weighted by Crippen LogP contribution is 1.95. The summed E-state index contributed by atoms with van der Waals surface area (Å²) < 4.78 is 30.1. The van der Waals surface area contributed by atoms with Gasteiger partial charge in [-0.3, -0.25) is 9.98 Å². The molecule has 0 bridgehead atoms. The molecule has 0 rings (SSSR count). The molecule has 0 amide bonds. The van der Waals surface area contributed by atoms with Gasteiger partial charge >= 0.3 is 0 Å². The molecule has 0 heterocycles. The number of aliphatic carboxylic acids is 1. The Morgan fingerprint density at radius 1 is 1.29 bits per heavy atom. The van der Waals surface area contributed by atoms with Gasteiger partial charge in [-0.1, -0.05) is 19.1 Å². The number of carboxylic acids is 1. The average molecular weight is 368 g/mol. The quantitative estimate of drug-likeness (QED) is 0.219. The van der Waals surface area contributed by atoms with Gasteiger partial charge in [-0.25, -0.2) is 5.01 Å². The molecule has 24 heavy (non-hydrogen) atoms. The van der Waals surface area contributed by atoms with Crippen LogP contribution in [-0.2, 0) is 14.9 Å². The summed E-state index contributed by atoms with van der Waals surface area (Å²) in [4.78, 5) is 9.89. The summed E-state index contributed by atoms with van der Waals surface area (Å²) in [7, 11) is 1.57. The summed E-state index contributed by atoms with van der Waals surface area (Å²) in [5.41, 5.74) is 4.19. The normalized spacial score (nSPS) is 11.8. The van der Waals surface area contributed by atoms with Gasteiger partial charge in [0.1, 0.15) is 6.54 Å². The third kappa shape index (κ3) is 23.3. The fraction of sp³-hybridized carbons (Fsp3) is 0.800. The zero-order valence-corrected chi connectivity index (χ0v) is 16.4. The second-order valence-corrected chi connectivity index (χ2v) is 8.31. The molecule has 0 aromatic rings. The standard InChI is InChI=1S/C10H22N2O3S.C5H11NO2/c1-4-6-12(11-9-10(2)3)7-5-8-16(13,14)15;1-6(2,3)4-5(7)8/h11H,2,4-9H2,1,3H3,(H,13,14,15);4H2,1-3H3. The van der Waals surface area contributed by atoms with Crippen LogP contribution < -0.4 is 10.5 Å². The van der Waals surface area contributed by atoms with Crippen molar-refractivity contribution in [2.75, 3.05) is 53.1 Å². The molecule has 0 aliphatic heterocycles. The number of hydrogen-bond donors (Lipinski definition) is 2. The van der Waals surface area contributed by atoms with E-state index >= 15 is 0 Å². The lowest BCUT2D eigenvalue weighted by atomic mass is 10.3. The van der Waals surface area contributed by atoms with Gasteiger partial charge in [-0.05, 0) is 19.8 Å². The van der Waals surface area contributed by atoms with Gasteiger partial charge in [-0.15, -0.1) is 0 Å². The van der Waals surface area contributed by atoms with Gasteiger partial charge in [0.05, 0.1) is 32.9 Å². The van der Waals surface area contributed by atoms with Crippen LogP contribution in [-0.4, -0.2) is 81.5 Å². The Balaban J connectivity index is 0. The van der Waals surface area contributed by atoms with Crippen LogP contribution in [0.4, 0.5) is 0 Å². The first-order valence-electron chi connectivity index (χ1n) is 7.85. The van der Waals surface area contributed by atoms with Gasteiger partial charge in [0.2, 0.25) is 0 Å². The zero-order chi connectivity index (χ0) is 19.4. The second-order valence-electron chi connectivity index (χ2n) is 6.74. The molecular formula is C15H33N3O5S. The van der Waals surface area contributed by atoms with Crippen molar-refractivity contribution < 1.29 is 27.4 Å². The van der Waals surface area contributed by atoms with E-state index in [1.165, 1.54) is 0 Å². The minimum atomic E-state index is -3.84. The Morgan fingerprint density at radius 3 is 2.12 bits per heavy atom. The van der Waals surface area contributed by atoms with Crippen molar-refractivity contribution in [1.82, 2.24) is 10.4 Å². The third-order valence-corrected chi connectivity index (χ3v) is 3.34. The first-order valence-corrected chi connectivity index (χ1v) is 9.46. The highest BCUT2D eigenvalue weighted by atomic mass is 32.2. The molecule has 0 atom stereocenters. The predicted molar refractivity (Wildman–Crippen MR) is 93.6 cm³/mol. The highest BCUT2D eigenvalue weighted by molar-refractivity contribution is 7.85. The number of likely N-dealkylation sites (N-methyl/N-ethyl adjacent to an activating group) is 1. The van der Waals surface area contributed by atoms with E-state index in [4.69, 9.17) is 4.55 Å². The maximum absolute atomic E-state index is 10.5. The third-order valence-electron chi connectivity index (χ3n) is 2.53. The van der Waals surface area contributed by atoms with Gasteiger partial charge < -0.3 is 14.4 Å². The first kappa shape index (κ1) is 25.2. The van der Waals surface area contributed by atoms with Crippen molar-refractivity contribution in [2.24, 2.45) is 0 Å². The number of carbonyl (C=O) groups excluding carboxylic acids is 1. The minimum Gasteiger partial charge on any atom is -0.544 e. The lowest BCUT2D eigenvalue weighted by molar-refractivity contribution is -0.864. The number of nitrogens with zero attached hydrogens (tertiary/aromatic N) is 2. The fourth-order valence-corrected chi connectivity index (χ4v) is 2.11. The van der Waals surface area contributed by atoms with Crippen molar-refractivity contribution >= 4 is 16.1 Å². The lowest BCUT2D eigenvalue weighted by Gasteiger charge is -2.23. The van der Waals surface area contributed by atoms with E-state index in [1.807, 2.05) is 11.9 Å². The molecule has 144 valence electrons. The summed E-state index contributed by atoms with van der Waals surface area (Å²) in [6, 6.07) is 0. The predicted octanol–water partition coefficient (Wildman–Crippen LogP) is -0.500. The Kier molecular flexibility index (Phi) is 13.0. The van der Waals surface area contributed by atoms with Gasteiger partial charge in [-0.2, -0.15) is 8.42 Å². The van der Waals surface area contributed by atoms with E-state index in [9.17, 15) is 18.3 Å². The van der Waals surface area contributed by atoms with Crippen LogP contribution >= 0.6 is 0 Å². The summed E-state index contributed by atoms with van der Waals surface area (Å²) in [5, 5.41) is 11.8. The van der Waals surface area contributed by atoms with Crippen LogP contribution in [0, 0.1) is 0 Å². The molecule has 0 unspecified atom stereocenters. The van der Waals surface area contributed by atoms with E-state index in [0.29, 0.717) is 24.0 Å². The maximum Gasteiger partial charge on any atom is 0.264 e. The number of carboxylic acid groups (broad SMARTS) is 1. The molecule has 2 N–H and O–H groups in total. The maximum atomic E-state index is 10.5. The van der Waals surface area contributed by atoms with Crippen LogP contribution in [0.25, 0.3) is 0 Å². The molecule has 0 saturated carbocycles. The van der Waals surface area contributed by atoms with Crippen LogP contribution in [0.3, 0.4) is 0 Å². The summed E-state index contributed by atoms with van der Waals surface area (Å²) >= 11 is 0. The summed E-state index contributed by atoms with van der Waals surface area (Å²) in [6.07, 6.45) is 1.40. The first-order chi connectivity index (χ1) is 10.8. The van der Waals surface area contributed by atoms with E-state index < -0.39 is 16.1 Å². The van der Waals surface area contributed by atoms with Gasteiger partial charge in [0.25, 0.3) is 10.1 Å². The molecule has 9 heteroatoms. The van der Waals surface area contributed by atoms with Crippen LogP contribution in [0.2, 0.25) is 0 Å². The molecule has 8 nitrogen and oxygen atoms in total. The Hall–Kier alpha value is -1.00. The molecule has 0 saturated heterocycles. The van der Waals surface area contributed by atoms with E-state index in [1.54, 1.807) is 21.1 Å². The number of nitrogens with one attached hydrogen (secondary N) is 1. The largest absolute Gasteiger partial charge is 0.544 e. The SMILES string of the molecule is C=C(C)CNN(CCC)CCCS(=O)(=O)O.C[N+](C)(C)CC(=O)[O-]. The Bertz CT molecular complexity index is 472. The van der Waals surface area contributed by atoms with E-state index in [-0.39, 0.29) is 12.3 Å². The fourth-order valence-electron chi connectivity index (χ4n) is 1.61. The lowest BCUT2D eigenvalue weighted by Crippen LogP contribution is -2.45. The molecule has 0 radical (unpaired) electrons. The van der Waals surface area contributed by atoms with Crippen LogP contribution in [0.5, 0.6) is 0 Å². The topological polar surface area (TPSA) is 110 Å². The molecular weight excluding hydrogens is 334 g/mol. The van der Waals surface area contributed by atoms with Crippen LogP contribution in [0.15, 0.2) is 12.2 Å². The van der Waals surface area contributed by atoms with E-state index in [2.05, 4.69) is 18.9 Å². The molecule has 0 spiro atoms. The molecule has 0 aliphatic rings. The van der Waals surface area contributed by atoms with Gasteiger partial charge in [0, 0.05) is 19.6 Å². The number of quaternary nitrogens is 1. The molecule has 0 aromatic carbocycles. The van der Waals surface area contributed by atoms with Crippen molar-refractivity contribution in [3.05, 3.63) is 12.2 Å². The summed E-state index contributed by atoms with van der Waals surface area (Å²) in [5.74, 6) is -1.19. The number of rotatable bonds is 11. The number of carbonyl (C=O) groups is 1. The van der Waals surface area contributed by atoms with Crippen LogP contribution in [0.1, 0.15) is 26.7 Å². The van der Waals surface area contributed by atoms with E-state index in [0.717, 1.165) is 18.5 Å². The smallest absolute Gasteiger partial charge is 0.264 e. The molecule has 0 aromatic heterocycles. The number of hydrazine groups is 1. The minimum absolute atomic E-state index is 0.0694. The Labute approximate surface area is 146 Å². The second kappa shape index (κ2) is 12.4. The Morgan fingerprint density at radius 2 is 1.83 bits per heavy atom. The zero-order valence-electron chi connectivity index (χ0n) is 15.5. The van der Waals surface area contributed by atoms with Crippen molar-refractivity contribution in [3.8, 4) is 0 Å². The molecule has 0 aliphatic carbocycles. The number of hydrogen-bond acceptors (Lipinski definition) is 6. The molecule has 0 fully saturated rings. The summed E-state index contributed by atoms with van der Waals surface area (Å²) in [6.45, 7) is 9.96. The highest BCUT2D eigenvalue weighted by Gasteiger charge is 2.07.